The van der Waals surface area contributed by atoms with Crippen LogP contribution in [0.1, 0.15) is 26.2 Å². The van der Waals surface area contributed by atoms with E-state index in [-0.39, 0.29) is 0 Å². The molecule has 0 amide bonds. The predicted octanol–water partition coefficient (Wildman–Crippen LogP) is 3.23. The Morgan fingerprint density at radius 3 is 2.76 bits per heavy atom. The summed E-state index contributed by atoms with van der Waals surface area (Å²) in [6, 6.07) is 8.54. The standard InChI is InChI=1S/C14H17N3/c1-10-5-4-8-11(10)16-14-9-15-12-6-2-3-7-13(12)17-14/h2-3,6-7,9-11H,4-5,8H2,1H3,(H,16,17). The van der Waals surface area contributed by atoms with Crippen LogP contribution in [0, 0.1) is 5.92 Å². The van der Waals surface area contributed by atoms with Gasteiger partial charge in [0, 0.05) is 6.04 Å². The molecule has 3 heteroatoms. The molecule has 1 aromatic heterocycles. The highest BCUT2D eigenvalue weighted by Gasteiger charge is 2.23. The minimum absolute atomic E-state index is 0.561. The molecule has 1 heterocycles. The molecule has 2 aromatic rings. The SMILES string of the molecule is CC1CCCC1Nc1cnc2ccccc2n1. The molecule has 0 aliphatic heterocycles. The summed E-state index contributed by atoms with van der Waals surface area (Å²) in [4.78, 5) is 9.02. The first-order valence-corrected chi connectivity index (χ1v) is 6.31. The largest absolute Gasteiger partial charge is 0.366 e. The average Bonchev–Trinajstić information content (AvgIpc) is 2.75. The molecule has 1 aromatic carbocycles. The van der Waals surface area contributed by atoms with Gasteiger partial charge in [-0.3, -0.25) is 4.98 Å². The Morgan fingerprint density at radius 1 is 1.18 bits per heavy atom. The lowest BCUT2D eigenvalue weighted by Gasteiger charge is -2.17. The molecule has 17 heavy (non-hydrogen) atoms. The van der Waals surface area contributed by atoms with Gasteiger partial charge in [0.25, 0.3) is 0 Å². The van der Waals surface area contributed by atoms with E-state index < -0.39 is 0 Å². The van der Waals surface area contributed by atoms with Crippen molar-refractivity contribution in [3.05, 3.63) is 30.5 Å². The summed E-state index contributed by atoms with van der Waals surface area (Å²) in [7, 11) is 0. The number of para-hydroxylation sites is 2. The lowest BCUT2D eigenvalue weighted by atomic mass is 10.1. The zero-order valence-corrected chi connectivity index (χ0v) is 10.1. The van der Waals surface area contributed by atoms with Gasteiger partial charge in [0.05, 0.1) is 17.2 Å². The van der Waals surface area contributed by atoms with E-state index in [1.54, 1.807) is 0 Å². The fourth-order valence-corrected chi connectivity index (χ4v) is 2.58. The van der Waals surface area contributed by atoms with Gasteiger partial charge in [-0.15, -0.1) is 0 Å². The third kappa shape index (κ3) is 2.09. The van der Waals surface area contributed by atoms with Crippen LogP contribution in [0.2, 0.25) is 0 Å². The van der Waals surface area contributed by atoms with E-state index in [1.807, 2.05) is 30.5 Å². The van der Waals surface area contributed by atoms with Gasteiger partial charge in [0.2, 0.25) is 0 Å². The van der Waals surface area contributed by atoms with Gasteiger partial charge < -0.3 is 5.32 Å². The highest BCUT2D eigenvalue weighted by Crippen LogP contribution is 2.27. The highest BCUT2D eigenvalue weighted by atomic mass is 15.0. The molecule has 1 aliphatic rings. The first-order chi connectivity index (χ1) is 8.33. The van der Waals surface area contributed by atoms with Crippen LogP contribution < -0.4 is 5.32 Å². The zero-order chi connectivity index (χ0) is 11.7. The fraction of sp³-hybridized carbons (Fsp3) is 0.429. The third-order valence-corrected chi connectivity index (χ3v) is 3.64. The Bertz CT molecular complexity index is 524. The van der Waals surface area contributed by atoms with E-state index in [2.05, 4.69) is 22.2 Å². The van der Waals surface area contributed by atoms with Crippen LogP contribution in [-0.4, -0.2) is 16.0 Å². The number of aromatic nitrogens is 2. The normalized spacial score (nSPS) is 24.1. The van der Waals surface area contributed by atoms with Crippen molar-refractivity contribution in [3.8, 4) is 0 Å². The average molecular weight is 227 g/mol. The number of hydrogen-bond acceptors (Lipinski definition) is 3. The lowest BCUT2D eigenvalue weighted by Crippen LogP contribution is -2.22. The molecule has 3 nitrogen and oxygen atoms in total. The van der Waals surface area contributed by atoms with E-state index >= 15 is 0 Å². The van der Waals surface area contributed by atoms with Crippen LogP contribution in [0.15, 0.2) is 30.5 Å². The summed E-state index contributed by atoms with van der Waals surface area (Å²) in [5.74, 6) is 1.64. The fourth-order valence-electron chi connectivity index (χ4n) is 2.58. The van der Waals surface area contributed by atoms with Gasteiger partial charge in [0.1, 0.15) is 5.82 Å². The summed E-state index contributed by atoms with van der Waals surface area (Å²) < 4.78 is 0. The monoisotopic (exact) mass is 227 g/mol. The highest BCUT2D eigenvalue weighted by molar-refractivity contribution is 5.75. The van der Waals surface area contributed by atoms with Crippen molar-refractivity contribution in [1.29, 1.82) is 0 Å². The molecular formula is C14H17N3. The van der Waals surface area contributed by atoms with Crippen molar-refractivity contribution < 1.29 is 0 Å². The summed E-state index contributed by atoms with van der Waals surface area (Å²) >= 11 is 0. The molecular weight excluding hydrogens is 210 g/mol. The molecule has 1 N–H and O–H groups in total. The van der Waals surface area contributed by atoms with E-state index in [0.29, 0.717) is 6.04 Å². The Hall–Kier alpha value is -1.64. The zero-order valence-electron chi connectivity index (χ0n) is 10.1. The van der Waals surface area contributed by atoms with Crippen molar-refractivity contribution >= 4 is 16.9 Å². The van der Waals surface area contributed by atoms with Gasteiger partial charge in [-0.05, 0) is 30.9 Å². The van der Waals surface area contributed by atoms with Crippen LogP contribution in [-0.2, 0) is 0 Å². The molecule has 3 rings (SSSR count). The van der Waals surface area contributed by atoms with Crippen LogP contribution in [0.4, 0.5) is 5.82 Å². The maximum Gasteiger partial charge on any atom is 0.145 e. The van der Waals surface area contributed by atoms with Gasteiger partial charge >= 0.3 is 0 Å². The molecule has 2 atom stereocenters. The van der Waals surface area contributed by atoms with Gasteiger partial charge in [-0.25, -0.2) is 4.98 Å². The number of benzene rings is 1. The van der Waals surface area contributed by atoms with Gasteiger partial charge in [-0.2, -0.15) is 0 Å². The van der Waals surface area contributed by atoms with Crippen LogP contribution in [0.3, 0.4) is 0 Å². The van der Waals surface area contributed by atoms with E-state index in [0.717, 1.165) is 22.8 Å². The number of nitrogens with zero attached hydrogens (tertiary/aromatic N) is 2. The Kier molecular flexibility index (Phi) is 2.67. The lowest BCUT2D eigenvalue weighted by molar-refractivity contribution is 0.555. The van der Waals surface area contributed by atoms with Crippen LogP contribution in [0.5, 0.6) is 0 Å². The van der Waals surface area contributed by atoms with Gasteiger partial charge in [-0.1, -0.05) is 25.5 Å². The molecule has 1 aliphatic carbocycles. The molecule has 2 unspecified atom stereocenters. The number of hydrogen-bond donors (Lipinski definition) is 1. The van der Waals surface area contributed by atoms with Gasteiger partial charge in [0.15, 0.2) is 0 Å². The maximum atomic E-state index is 4.60. The van der Waals surface area contributed by atoms with E-state index in [1.165, 1.54) is 19.3 Å². The van der Waals surface area contributed by atoms with Crippen molar-refractivity contribution in [1.82, 2.24) is 9.97 Å². The summed E-state index contributed by atoms with van der Waals surface area (Å²) in [6.07, 6.45) is 5.72. The molecule has 1 saturated carbocycles. The van der Waals surface area contributed by atoms with E-state index in [9.17, 15) is 0 Å². The van der Waals surface area contributed by atoms with Crippen LogP contribution in [0.25, 0.3) is 11.0 Å². The number of rotatable bonds is 2. The minimum atomic E-state index is 0.561. The Balaban J connectivity index is 1.85. The smallest absolute Gasteiger partial charge is 0.145 e. The van der Waals surface area contributed by atoms with Crippen molar-refractivity contribution in [2.45, 2.75) is 32.2 Å². The second kappa shape index (κ2) is 4.32. The second-order valence-electron chi connectivity index (χ2n) is 4.90. The Morgan fingerprint density at radius 2 is 2.00 bits per heavy atom. The molecule has 0 radical (unpaired) electrons. The minimum Gasteiger partial charge on any atom is -0.366 e. The van der Waals surface area contributed by atoms with Crippen LogP contribution >= 0.6 is 0 Å². The molecule has 0 bridgehead atoms. The number of nitrogens with one attached hydrogen (secondary N) is 1. The topological polar surface area (TPSA) is 37.8 Å². The second-order valence-corrected chi connectivity index (χ2v) is 4.90. The first-order valence-electron chi connectivity index (χ1n) is 6.31. The molecule has 1 fully saturated rings. The van der Waals surface area contributed by atoms with E-state index in [4.69, 9.17) is 0 Å². The summed E-state index contributed by atoms with van der Waals surface area (Å²) in [5, 5.41) is 3.51. The van der Waals surface area contributed by atoms with Crippen molar-refractivity contribution in [2.75, 3.05) is 5.32 Å². The summed E-state index contributed by atoms with van der Waals surface area (Å²) in [5.41, 5.74) is 1.92. The number of fused-ring (bicyclic) bond motifs is 1. The molecule has 88 valence electrons. The number of anilines is 1. The third-order valence-electron chi connectivity index (χ3n) is 3.64. The molecule has 0 spiro atoms. The quantitative estimate of drug-likeness (QED) is 0.856. The Labute approximate surface area is 101 Å². The molecule has 0 saturated heterocycles. The first kappa shape index (κ1) is 10.5. The van der Waals surface area contributed by atoms with Crippen molar-refractivity contribution in [2.24, 2.45) is 5.92 Å². The maximum absolute atomic E-state index is 4.60. The predicted molar refractivity (Wildman–Crippen MR) is 70.0 cm³/mol. The van der Waals surface area contributed by atoms with Crippen molar-refractivity contribution in [3.63, 3.8) is 0 Å². The summed E-state index contributed by atoms with van der Waals surface area (Å²) in [6.45, 7) is 2.30.